The average molecular weight is 413 g/mol. The van der Waals surface area contributed by atoms with Gasteiger partial charge in [0.1, 0.15) is 6.07 Å². The average Bonchev–Trinajstić information content (AvgIpc) is 2.90. The second kappa shape index (κ2) is 5.66. The highest BCUT2D eigenvalue weighted by Crippen LogP contribution is 2.46. The molecule has 0 radical (unpaired) electrons. The first kappa shape index (κ1) is 16.8. The summed E-state index contributed by atoms with van der Waals surface area (Å²) in [6, 6.07) is 7.88. The summed E-state index contributed by atoms with van der Waals surface area (Å²) >= 11 is 3.43. The third kappa shape index (κ3) is 2.13. The van der Waals surface area contributed by atoms with E-state index in [0.717, 1.165) is 15.7 Å². The molecule has 2 aliphatic heterocycles. The molecule has 1 aromatic carbocycles. The zero-order valence-corrected chi connectivity index (χ0v) is 15.8. The first-order chi connectivity index (χ1) is 12.4. The molecule has 1 atom stereocenters. The smallest absolute Gasteiger partial charge is 0.393 e. The van der Waals surface area contributed by atoms with E-state index in [0.29, 0.717) is 40.9 Å². The number of likely N-dealkylation sites (N-methyl/N-ethyl adjacent to an activating group) is 1. The molecule has 1 N–H and O–H groups in total. The summed E-state index contributed by atoms with van der Waals surface area (Å²) < 4.78 is 5.82. The first-order valence-corrected chi connectivity index (χ1v) is 8.82. The predicted molar refractivity (Wildman–Crippen MR) is 98.6 cm³/mol. The molecule has 26 heavy (non-hydrogen) atoms. The monoisotopic (exact) mass is 412 g/mol. The number of allylic oxidation sites excluding steroid dienone is 1. The summed E-state index contributed by atoms with van der Waals surface area (Å²) in [6.07, 6.45) is 2.01. The quantitative estimate of drug-likeness (QED) is 0.574. The van der Waals surface area contributed by atoms with Crippen LogP contribution in [0.5, 0.6) is 0 Å². The number of nitriles is 1. The standard InChI is InChI=1S/C19H14BrN3O3/c1-23-6-5-14-17(18(23)16(24)8-15(23)19(25)26-2)12(9-21)11-7-10(20)3-4-13(11)22-14/h3-4,7-8H,5-6H2,1-2H3/p+1. The Labute approximate surface area is 158 Å². The molecule has 2 aromatic rings. The number of carbonyl (C=O) groups is 1. The van der Waals surface area contributed by atoms with Crippen LogP contribution in [0.25, 0.3) is 16.6 Å². The van der Waals surface area contributed by atoms with Crippen LogP contribution in [0.3, 0.4) is 0 Å². The highest BCUT2D eigenvalue weighted by molar-refractivity contribution is 9.10. The number of ether oxygens (including phenoxy) is 1. The predicted octanol–water partition coefficient (Wildman–Crippen LogP) is 3.17. The number of carbonyl (C=O) groups excluding carboxylic acids is 1. The summed E-state index contributed by atoms with van der Waals surface area (Å²) in [6.45, 7) is 0.549. The van der Waals surface area contributed by atoms with Gasteiger partial charge in [-0.3, -0.25) is 9.47 Å². The fourth-order valence-corrected chi connectivity index (χ4v) is 4.21. The van der Waals surface area contributed by atoms with Crippen LogP contribution >= 0.6 is 15.9 Å². The summed E-state index contributed by atoms with van der Waals surface area (Å²) in [5.74, 6) is -0.519. The van der Waals surface area contributed by atoms with Crippen molar-refractivity contribution in [2.24, 2.45) is 0 Å². The van der Waals surface area contributed by atoms with Gasteiger partial charge >= 0.3 is 5.97 Å². The summed E-state index contributed by atoms with van der Waals surface area (Å²) in [7, 11) is 3.16. The van der Waals surface area contributed by atoms with E-state index in [-0.39, 0.29) is 10.2 Å². The molecule has 7 heteroatoms. The van der Waals surface area contributed by atoms with Crippen molar-refractivity contribution in [3.8, 4) is 6.07 Å². The van der Waals surface area contributed by atoms with Crippen molar-refractivity contribution in [2.75, 3.05) is 20.7 Å². The largest absolute Gasteiger partial charge is 0.503 e. The molecule has 1 unspecified atom stereocenters. The van der Waals surface area contributed by atoms with Gasteiger partial charge in [-0.05, 0) is 18.2 Å². The molecule has 3 heterocycles. The number of halogens is 1. The second-order valence-electron chi connectivity index (χ2n) is 6.50. The van der Waals surface area contributed by atoms with Crippen LogP contribution in [-0.2, 0) is 16.0 Å². The lowest BCUT2D eigenvalue weighted by molar-refractivity contribution is -0.795. The minimum Gasteiger partial charge on any atom is -0.503 e. The van der Waals surface area contributed by atoms with E-state index in [2.05, 4.69) is 22.0 Å². The van der Waals surface area contributed by atoms with Crippen molar-refractivity contribution in [1.29, 1.82) is 5.26 Å². The van der Waals surface area contributed by atoms with Crippen LogP contribution in [-0.4, -0.2) is 41.2 Å². The number of quaternary nitrogens is 1. The van der Waals surface area contributed by atoms with Gasteiger partial charge in [0.15, 0.2) is 11.5 Å². The number of hydrogen-bond donors (Lipinski definition) is 1. The van der Waals surface area contributed by atoms with Crippen LogP contribution < -0.4 is 0 Å². The Morgan fingerprint density at radius 2 is 2.23 bits per heavy atom. The number of methoxy groups -OCH3 is 1. The SMILES string of the molecule is COC(=O)C1=CC(O)=C2c3c(nc4ccc(Br)cc4c3C#N)CC[N+]12C. The van der Waals surface area contributed by atoms with E-state index in [1.807, 2.05) is 25.2 Å². The molecule has 6 nitrogen and oxygen atoms in total. The topological polar surface area (TPSA) is 83.2 Å². The van der Waals surface area contributed by atoms with Gasteiger partial charge in [0.2, 0.25) is 5.70 Å². The van der Waals surface area contributed by atoms with Crippen molar-refractivity contribution < 1.29 is 19.1 Å². The third-order valence-corrected chi connectivity index (χ3v) is 5.60. The Kier molecular flexibility index (Phi) is 3.65. The third-order valence-electron chi connectivity index (χ3n) is 5.10. The van der Waals surface area contributed by atoms with Gasteiger partial charge in [-0.1, -0.05) is 15.9 Å². The Bertz CT molecular complexity index is 1100. The van der Waals surface area contributed by atoms with Crippen LogP contribution in [0, 0.1) is 11.3 Å². The maximum absolute atomic E-state index is 12.2. The van der Waals surface area contributed by atoms with E-state index in [1.165, 1.54) is 13.2 Å². The molecule has 2 aliphatic rings. The minimum atomic E-state index is -0.493. The number of hydrogen-bond acceptors (Lipinski definition) is 5. The Morgan fingerprint density at radius 1 is 1.46 bits per heavy atom. The summed E-state index contributed by atoms with van der Waals surface area (Å²) in [5.41, 5.74) is 3.43. The van der Waals surface area contributed by atoms with Crippen molar-refractivity contribution in [2.45, 2.75) is 6.42 Å². The number of fused-ring (bicyclic) bond motifs is 4. The van der Waals surface area contributed by atoms with Crippen molar-refractivity contribution >= 4 is 38.5 Å². The maximum atomic E-state index is 12.2. The number of benzene rings is 1. The lowest BCUT2D eigenvalue weighted by Gasteiger charge is -2.37. The maximum Gasteiger partial charge on any atom is 0.393 e. The highest BCUT2D eigenvalue weighted by Gasteiger charge is 2.50. The van der Waals surface area contributed by atoms with E-state index in [9.17, 15) is 15.2 Å². The molecular weight excluding hydrogens is 398 g/mol. The normalized spacial score (nSPS) is 21.1. The fourth-order valence-electron chi connectivity index (χ4n) is 3.85. The van der Waals surface area contributed by atoms with Crippen LogP contribution in [0.1, 0.15) is 16.8 Å². The van der Waals surface area contributed by atoms with Crippen molar-refractivity contribution in [1.82, 2.24) is 4.98 Å². The fraction of sp³-hybridized carbons (Fsp3) is 0.211. The molecular formula is C19H15BrN3O3+. The van der Waals surface area contributed by atoms with E-state index >= 15 is 0 Å². The van der Waals surface area contributed by atoms with Crippen molar-refractivity contribution in [3.63, 3.8) is 0 Å². The number of rotatable bonds is 1. The molecule has 0 saturated carbocycles. The molecule has 0 fully saturated rings. The van der Waals surface area contributed by atoms with Gasteiger partial charge < -0.3 is 9.84 Å². The van der Waals surface area contributed by atoms with Crippen molar-refractivity contribution in [3.05, 3.63) is 57.0 Å². The number of pyridine rings is 1. The van der Waals surface area contributed by atoms with Gasteiger partial charge in [-0.15, -0.1) is 0 Å². The van der Waals surface area contributed by atoms with Gasteiger partial charge in [0.25, 0.3) is 0 Å². The zero-order valence-electron chi connectivity index (χ0n) is 14.2. The molecule has 4 rings (SSSR count). The van der Waals surface area contributed by atoms with Crippen LogP contribution in [0.2, 0.25) is 0 Å². The van der Waals surface area contributed by atoms with Crippen LogP contribution in [0.4, 0.5) is 0 Å². The lowest BCUT2D eigenvalue weighted by Crippen LogP contribution is -2.46. The molecule has 0 bridgehead atoms. The molecule has 1 aromatic heterocycles. The first-order valence-electron chi connectivity index (χ1n) is 8.03. The number of esters is 1. The zero-order chi connectivity index (χ0) is 18.6. The molecule has 130 valence electrons. The Balaban J connectivity index is 2.04. The summed E-state index contributed by atoms with van der Waals surface area (Å²) in [4.78, 5) is 16.9. The minimum absolute atomic E-state index is 0.0264. The number of aromatic nitrogens is 1. The number of nitrogens with zero attached hydrogens (tertiary/aromatic N) is 3. The van der Waals surface area contributed by atoms with E-state index < -0.39 is 5.97 Å². The highest BCUT2D eigenvalue weighted by atomic mass is 79.9. The summed E-state index contributed by atoms with van der Waals surface area (Å²) in [5, 5.41) is 21.2. The van der Waals surface area contributed by atoms with Crippen LogP contribution in [0.15, 0.2) is 40.2 Å². The molecule has 0 aliphatic carbocycles. The molecule has 0 amide bonds. The van der Waals surface area contributed by atoms with Gasteiger partial charge in [0.05, 0.1) is 49.1 Å². The molecule has 0 saturated heterocycles. The lowest BCUT2D eigenvalue weighted by atomic mass is 9.92. The van der Waals surface area contributed by atoms with Gasteiger partial charge in [-0.2, -0.15) is 5.26 Å². The Morgan fingerprint density at radius 3 is 2.92 bits per heavy atom. The van der Waals surface area contributed by atoms with Gasteiger partial charge in [-0.25, -0.2) is 4.79 Å². The number of aliphatic hydroxyl groups excluding tert-OH is 1. The van der Waals surface area contributed by atoms with E-state index in [1.54, 1.807) is 0 Å². The number of aliphatic hydroxyl groups is 1. The second-order valence-corrected chi connectivity index (χ2v) is 7.42. The van der Waals surface area contributed by atoms with Gasteiger partial charge in [0, 0.05) is 16.3 Å². The molecule has 0 spiro atoms. The van der Waals surface area contributed by atoms with E-state index in [4.69, 9.17) is 9.72 Å². The Hall–Kier alpha value is -2.69.